The van der Waals surface area contributed by atoms with Crippen molar-refractivity contribution in [1.29, 1.82) is 0 Å². The third-order valence-electron chi connectivity index (χ3n) is 2.24. The van der Waals surface area contributed by atoms with Crippen LogP contribution < -0.4 is 10.0 Å². The summed E-state index contributed by atoms with van der Waals surface area (Å²) in [7, 11) is -3.06. The van der Waals surface area contributed by atoms with Gasteiger partial charge in [-0.3, -0.25) is 4.99 Å². The monoisotopic (exact) mass is 279 g/mol. The van der Waals surface area contributed by atoms with E-state index >= 15 is 0 Å². The number of hydrogen-bond donors (Lipinski definition) is 2. The van der Waals surface area contributed by atoms with E-state index in [1.54, 1.807) is 11.8 Å². The van der Waals surface area contributed by atoms with Crippen LogP contribution in [-0.4, -0.2) is 45.2 Å². The minimum absolute atomic E-state index is 0.285. The molecule has 2 N–H and O–H groups in total. The van der Waals surface area contributed by atoms with Gasteiger partial charge in [-0.15, -0.1) is 0 Å². The van der Waals surface area contributed by atoms with Crippen molar-refractivity contribution in [2.75, 3.05) is 31.6 Å². The van der Waals surface area contributed by atoms with Gasteiger partial charge in [0.1, 0.15) is 0 Å². The molecule has 100 valence electrons. The van der Waals surface area contributed by atoms with E-state index in [-0.39, 0.29) is 5.41 Å². The molecule has 7 heteroatoms. The van der Waals surface area contributed by atoms with Gasteiger partial charge in [0.05, 0.1) is 6.26 Å². The van der Waals surface area contributed by atoms with Crippen molar-refractivity contribution < 1.29 is 8.42 Å². The molecule has 0 aromatic rings. The third-order valence-corrected chi connectivity index (χ3v) is 4.45. The number of rotatable bonds is 5. The zero-order chi connectivity index (χ0) is 12.9. The number of hydrogen-bond acceptors (Lipinski definition) is 5. The topological polar surface area (TPSA) is 70.6 Å². The van der Waals surface area contributed by atoms with E-state index in [2.05, 4.69) is 28.9 Å². The lowest BCUT2D eigenvalue weighted by Crippen LogP contribution is -2.33. The Labute approximate surface area is 108 Å². The van der Waals surface area contributed by atoms with Crippen molar-refractivity contribution >= 4 is 27.0 Å². The van der Waals surface area contributed by atoms with Crippen LogP contribution in [0.5, 0.6) is 0 Å². The zero-order valence-corrected chi connectivity index (χ0v) is 12.2. The fourth-order valence-corrected chi connectivity index (χ4v) is 2.78. The highest BCUT2D eigenvalue weighted by Gasteiger charge is 2.22. The SMILES string of the molecule is CC1(C)CN=C(NCCCNS(C)(=O)=O)SC1. The van der Waals surface area contributed by atoms with Crippen LogP contribution in [0.1, 0.15) is 20.3 Å². The van der Waals surface area contributed by atoms with E-state index in [0.717, 1.165) is 30.4 Å². The Bertz CT molecular complexity index is 377. The first kappa shape index (κ1) is 14.8. The Balaban J connectivity index is 2.14. The molecule has 0 saturated heterocycles. The van der Waals surface area contributed by atoms with Crippen LogP contribution in [-0.2, 0) is 10.0 Å². The van der Waals surface area contributed by atoms with E-state index in [4.69, 9.17) is 0 Å². The summed E-state index contributed by atoms with van der Waals surface area (Å²) in [6, 6.07) is 0. The predicted molar refractivity (Wildman–Crippen MR) is 74.0 cm³/mol. The van der Waals surface area contributed by atoms with Crippen LogP contribution >= 0.6 is 11.8 Å². The van der Waals surface area contributed by atoms with E-state index in [0.29, 0.717) is 6.54 Å². The van der Waals surface area contributed by atoms with Crippen molar-refractivity contribution in [1.82, 2.24) is 10.0 Å². The maximum absolute atomic E-state index is 10.8. The van der Waals surface area contributed by atoms with Crippen molar-refractivity contribution in [2.24, 2.45) is 10.4 Å². The molecule has 0 radical (unpaired) electrons. The smallest absolute Gasteiger partial charge is 0.208 e. The summed E-state index contributed by atoms with van der Waals surface area (Å²) in [6.45, 7) is 6.47. The first-order valence-electron chi connectivity index (χ1n) is 5.64. The Hall–Kier alpha value is -0.270. The standard InChI is InChI=1S/C10H21N3O2S2/c1-10(2)7-12-9(16-8-10)11-5-4-6-13-17(3,14)15/h13H,4-8H2,1-3H3,(H,11,12). The minimum atomic E-state index is -3.06. The second-order valence-corrected chi connectivity index (χ2v) is 7.82. The van der Waals surface area contributed by atoms with Gasteiger partial charge in [0, 0.05) is 25.4 Å². The van der Waals surface area contributed by atoms with Gasteiger partial charge in [-0.05, 0) is 11.8 Å². The number of sulfonamides is 1. The molecule has 1 heterocycles. The number of nitrogens with one attached hydrogen (secondary N) is 2. The molecule has 0 saturated carbocycles. The number of aliphatic imine (C=N–C) groups is 1. The molecule has 0 fully saturated rings. The van der Waals surface area contributed by atoms with E-state index in [1.165, 1.54) is 6.26 Å². The van der Waals surface area contributed by atoms with E-state index in [1.807, 2.05) is 0 Å². The summed E-state index contributed by atoms with van der Waals surface area (Å²) in [5.41, 5.74) is 0.285. The van der Waals surface area contributed by atoms with Crippen molar-refractivity contribution in [3.63, 3.8) is 0 Å². The molecule has 1 aliphatic heterocycles. The van der Waals surface area contributed by atoms with Crippen molar-refractivity contribution in [3.8, 4) is 0 Å². The quantitative estimate of drug-likeness (QED) is 0.725. The molecule has 0 bridgehead atoms. The number of nitrogens with zero attached hydrogens (tertiary/aromatic N) is 1. The highest BCUT2D eigenvalue weighted by Crippen LogP contribution is 2.26. The molecular formula is C10H21N3O2S2. The van der Waals surface area contributed by atoms with Gasteiger partial charge in [0.2, 0.25) is 10.0 Å². The Morgan fingerprint density at radius 3 is 2.65 bits per heavy atom. The van der Waals surface area contributed by atoms with Crippen LogP contribution in [0.3, 0.4) is 0 Å². The van der Waals surface area contributed by atoms with Crippen LogP contribution in [0, 0.1) is 5.41 Å². The van der Waals surface area contributed by atoms with Gasteiger partial charge >= 0.3 is 0 Å². The molecule has 17 heavy (non-hydrogen) atoms. The molecule has 1 aliphatic rings. The van der Waals surface area contributed by atoms with Crippen molar-refractivity contribution in [3.05, 3.63) is 0 Å². The van der Waals surface area contributed by atoms with Crippen LogP contribution in [0.2, 0.25) is 0 Å². The molecule has 0 aromatic heterocycles. The van der Waals surface area contributed by atoms with Crippen LogP contribution in [0.25, 0.3) is 0 Å². The molecule has 5 nitrogen and oxygen atoms in total. The molecule has 0 unspecified atom stereocenters. The molecule has 0 atom stereocenters. The predicted octanol–water partition coefficient (Wildman–Crippen LogP) is 0.644. The highest BCUT2D eigenvalue weighted by molar-refractivity contribution is 8.13. The number of thioether (sulfide) groups is 1. The molecule has 0 aromatic carbocycles. The Morgan fingerprint density at radius 2 is 2.12 bits per heavy atom. The van der Waals surface area contributed by atoms with Gasteiger partial charge in [0.25, 0.3) is 0 Å². The second kappa shape index (κ2) is 6.06. The molecule has 0 aliphatic carbocycles. The first-order chi connectivity index (χ1) is 7.79. The fraction of sp³-hybridized carbons (Fsp3) is 0.900. The summed E-state index contributed by atoms with van der Waals surface area (Å²) >= 11 is 1.73. The van der Waals surface area contributed by atoms with E-state index in [9.17, 15) is 8.42 Å². The highest BCUT2D eigenvalue weighted by atomic mass is 32.2. The third kappa shape index (κ3) is 6.90. The summed E-state index contributed by atoms with van der Waals surface area (Å²) in [5.74, 6) is 1.07. The summed E-state index contributed by atoms with van der Waals surface area (Å²) < 4.78 is 24.1. The minimum Gasteiger partial charge on any atom is -0.365 e. The van der Waals surface area contributed by atoms with Gasteiger partial charge in [-0.25, -0.2) is 13.1 Å². The lowest BCUT2D eigenvalue weighted by Gasteiger charge is -2.27. The average molecular weight is 279 g/mol. The Morgan fingerprint density at radius 1 is 1.41 bits per heavy atom. The molecule has 1 rings (SSSR count). The Kier molecular flexibility index (Phi) is 5.27. The first-order valence-corrected chi connectivity index (χ1v) is 8.52. The maximum atomic E-state index is 10.8. The van der Waals surface area contributed by atoms with E-state index < -0.39 is 10.0 Å². The van der Waals surface area contributed by atoms with Gasteiger partial charge in [-0.2, -0.15) is 0 Å². The normalized spacial score (nSPS) is 19.8. The maximum Gasteiger partial charge on any atom is 0.208 e. The van der Waals surface area contributed by atoms with Gasteiger partial charge in [0.15, 0.2) is 5.17 Å². The lowest BCUT2D eigenvalue weighted by molar-refractivity contribution is 0.436. The largest absolute Gasteiger partial charge is 0.365 e. The second-order valence-electron chi connectivity index (χ2n) is 5.02. The van der Waals surface area contributed by atoms with Crippen LogP contribution in [0.15, 0.2) is 4.99 Å². The average Bonchev–Trinajstić information content (AvgIpc) is 2.18. The zero-order valence-electron chi connectivity index (χ0n) is 10.6. The molecule has 0 amide bonds. The van der Waals surface area contributed by atoms with Crippen LogP contribution in [0.4, 0.5) is 0 Å². The lowest BCUT2D eigenvalue weighted by atomic mass is 9.97. The van der Waals surface area contributed by atoms with Gasteiger partial charge in [-0.1, -0.05) is 25.6 Å². The fourth-order valence-electron chi connectivity index (χ4n) is 1.29. The summed E-state index contributed by atoms with van der Waals surface area (Å²) in [4.78, 5) is 4.46. The van der Waals surface area contributed by atoms with Crippen molar-refractivity contribution in [2.45, 2.75) is 20.3 Å². The summed E-state index contributed by atoms with van der Waals surface area (Å²) in [5, 5.41) is 4.20. The molecular weight excluding hydrogens is 258 g/mol. The summed E-state index contributed by atoms with van der Waals surface area (Å²) in [6.07, 6.45) is 1.93. The van der Waals surface area contributed by atoms with Gasteiger partial charge < -0.3 is 5.32 Å². The molecule has 0 spiro atoms. The number of amidine groups is 1.